The lowest BCUT2D eigenvalue weighted by atomic mass is 10.1. The maximum atomic E-state index is 12.0. The van der Waals surface area contributed by atoms with Crippen molar-refractivity contribution in [3.8, 4) is 0 Å². The molecular weight excluding hydrogens is 232 g/mol. The van der Waals surface area contributed by atoms with Crippen LogP contribution in [-0.2, 0) is 14.8 Å². The van der Waals surface area contributed by atoms with E-state index in [0.717, 1.165) is 12.8 Å². The molecule has 1 aliphatic rings. The van der Waals surface area contributed by atoms with Crippen LogP contribution in [0.4, 0.5) is 0 Å². The van der Waals surface area contributed by atoms with Crippen LogP contribution in [0.25, 0.3) is 0 Å². The molecule has 7 heteroatoms. The van der Waals surface area contributed by atoms with Crippen molar-refractivity contribution in [3.63, 3.8) is 0 Å². The smallest absolute Gasteiger partial charge is 0.323 e. The van der Waals surface area contributed by atoms with Gasteiger partial charge in [0.15, 0.2) is 5.25 Å². The molecule has 0 amide bonds. The van der Waals surface area contributed by atoms with E-state index >= 15 is 0 Å². The van der Waals surface area contributed by atoms with E-state index in [-0.39, 0.29) is 12.6 Å². The van der Waals surface area contributed by atoms with Gasteiger partial charge >= 0.3 is 5.97 Å². The highest BCUT2D eigenvalue weighted by Gasteiger charge is 2.38. The van der Waals surface area contributed by atoms with E-state index in [4.69, 9.17) is 10.8 Å². The van der Waals surface area contributed by atoms with Gasteiger partial charge in [0, 0.05) is 19.1 Å². The molecule has 2 unspecified atom stereocenters. The molecule has 1 aliphatic heterocycles. The molecule has 16 heavy (non-hydrogen) atoms. The van der Waals surface area contributed by atoms with E-state index in [2.05, 4.69) is 0 Å². The first-order valence-corrected chi connectivity index (χ1v) is 6.85. The molecule has 0 aliphatic carbocycles. The second kappa shape index (κ2) is 5.11. The average Bonchev–Trinajstić information content (AvgIpc) is 2.27. The molecule has 0 radical (unpaired) electrons. The molecular formula is C9H18N2O4S. The highest BCUT2D eigenvalue weighted by atomic mass is 32.2. The lowest BCUT2D eigenvalue weighted by Gasteiger charge is -2.34. The van der Waals surface area contributed by atoms with Gasteiger partial charge in [0.25, 0.3) is 0 Å². The number of carboxylic acid groups (broad SMARTS) is 1. The summed E-state index contributed by atoms with van der Waals surface area (Å²) in [6, 6.07) is -0.249. The summed E-state index contributed by atoms with van der Waals surface area (Å²) >= 11 is 0. The monoisotopic (exact) mass is 250 g/mol. The van der Waals surface area contributed by atoms with Crippen molar-refractivity contribution >= 4 is 16.0 Å². The molecule has 0 saturated carbocycles. The maximum absolute atomic E-state index is 12.0. The average molecular weight is 250 g/mol. The van der Waals surface area contributed by atoms with Crippen molar-refractivity contribution in [2.24, 2.45) is 5.73 Å². The topological polar surface area (TPSA) is 101 Å². The zero-order chi connectivity index (χ0) is 12.3. The third-order valence-electron chi connectivity index (χ3n) is 2.97. The molecule has 1 rings (SSSR count). The Balaban J connectivity index is 2.92. The van der Waals surface area contributed by atoms with Crippen molar-refractivity contribution in [2.75, 3.05) is 13.1 Å². The lowest BCUT2D eigenvalue weighted by molar-refractivity contribution is -0.136. The molecule has 0 bridgehead atoms. The van der Waals surface area contributed by atoms with E-state index in [9.17, 15) is 13.2 Å². The number of nitrogens with two attached hydrogens (primary N) is 1. The van der Waals surface area contributed by atoms with Gasteiger partial charge in [-0.05, 0) is 19.8 Å². The van der Waals surface area contributed by atoms with Gasteiger partial charge in [0.1, 0.15) is 0 Å². The van der Waals surface area contributed by atoms with Crippen LogP contribution in [0.3, 0.4) is 0 Å². The van der Waals surface area contributed by atoms with Gasteiger partial charge in [-0.25, -0.2) is 8.42 Å². The van der Waals surface area contributed by atoms with Crippen molar-refractivity contribution in [1.29, 1.82) is 0 Å². The van der Waals surface area contributed by atoms with E-state index in [1.54, 1.807) is 0 Å². The zero-order valence-corrected chi connectivity index (χ0v) is 10.1. The maximum Gasteiger partial charge on any atom is 0.323 e. The Labute approximate surface area is 95.5 Å². The van der Waals surface area contributed by atoms with E-state index in [0.29, 0.717) is 13.0 Å². The Morgan fingerprint density at radius 3 is 2.69 bits per heavy atom. The second-order valence-corrected chi connectivity index (χ2v) is 6.23. The Bertz CT molecular complexity index is 355. The van der Waals surface area contributed by atoms with E-state index in [1.165, 1.54) is 11.2 Å². The highest BCUT2D eigenvalue weighted by Crippen LogP contribution is 2.22. The fourth-order valence-corrected chi connectivity index (χ4v) is 3.53. The predicted molar refractivity (Wildman–Crippen MR) is 59.4 cm³/mol. The predicted octanol–water partition coefficient (Wildman–Crippen LogP) is -0.397. The molecule has 3 N–H and O–H groups in total. The van der Waals surface area contributed by atoms with Crippen LogP contribution in [0.15, 0.2) is 0 Å². The molecule has 0 aromatic rings. The number of carbonyl (C=O) groups is 1. The van der Waals surface area contributed by atoms with Gasteiger partial charge in [-0.3, -0.25) is 4.79 Å². The number of nitrogens with zero attached hydrogens (tertiary/aromatic N) is 1. The number of hydrogen-bond acceptors (Lipinski definition) is 4. The lowest BCUT2D eigenvalue weighted by Crippen LogP contribution is -2.51. The molecule has 0 aromatic carbocycles. The first kappa shape index (κ1) is 13.4. The van der Waals surface area contributed by atoms with Gasteiger partial charge in [0.05, 0.1) is 0 Å². The highest BCUT2D eigenvalue weighted by molar-refractivity contribution is 7.90. The zero-order valence-electron chi connectivity index (χ0n) is 9.30. The Morgan fingerprint density at radius 2 is 2.19 bits per heavy atom. The molecule has 1 fully saturated rings. The third kappa shape index (κ3) is 2.53. The van der Waals surface area contributed by atoms with E-state index in [1.807, 2.05) is 0 Å². The summed E-state index contributed by atoms with van der Waals surface area (Å²) in [6.07, 6.45) is 2.42. The van der Waals surface area contributed by atoms with Crippen LogP contribution in [0, 0.1) is 0 Å². The second-order valence-electron chi connectivity index (χ2n) is 4.02. The van der Waals surface area contributed by atoms with Crippen LogP contribution in [-0.4, -0.2) is 48.2 Å². The van der Waals surface area contributed by atoms with Crippen molar-refractivity contribution in [2.45, 2.75) is 37.5 Å². The normalized spacial score (nSPS) is 25.2. The van der Waals surface area contributed by atoms with Crippen LogP contribution in [0.1, 0.15) is 26.2 Å². The van der Waals surface area contributed by atoms with Gasteiger partial charge in [-0.2, -0.15) is 4.31 Å². The fourth-order valence-electron chi connectivity index (χ4n) is 1.88. The fraction of sp³-hybridized carbons (Fsp3) is 0.889. The summed E-state index contributed by atoms with van der Waals surface area (Å²) in [5.41, 5.74) is 5.51. The van der Waals surface area contributed by atoms with Crippen LogP contribution in [0.2, 0.25) is 0 Å². The SMILES string of the molecule is CC(C(=O)O)S(=O)(=O)N1CCCCC1CN. The minimum atomic E-state index is -3.77. The molecule has 2 atom stereocenters. The Morgan fingerprint density at radius 1 is 1.56 bits per heavy atom. The third-order valence-corrected chi connectivity index (χ3v) is 5.20. The molecule has 1 saturated heterocycles. The standard InChI is InChI=1S/C9H18N2O4S/c1-7(9(12)13)16(14,15)11-5-3-2-4-8(11)6-10/h7-8H,2-6,10H2,1H3,(H,12,13). The summed E-state index contributed by atoms with van der Waals surface area (Å²) in [7, 11) is -3.77. The van der Waals surface area contributed by atoms with Gasteiger partial charge in [0.2, 0.25) is 10.0 Å². The van der Waals surface area contributed by atoms with Gasteiger partial charge in [-0.15, -0.1) is 0 Å². The quantitative estimate of drug-likeness (QED) is 0.707. The number of rotatable bonds is 4. The molecule has 94 valence electrons. The van der Waals surface area contributed by atoms with Crippen LogP contribution < -0.4 is 5.73 Å². The number of aliphatic carboxylic acids is 1. The molecule has 6 nitrogen and oxygen atoms in total. The summed E-state index contributed by atoms with van der Waals surface area (Å²) in [4.78, 5) is 10.7. The molecule has 0 spiro atoms. The van der Waals surface area contributed by atoms with Crippen molar-refractivity contribution in [1.82, 2.24) is 4.31 Å². The van der Waals surface area contributed by atoms with Gasteiger partial charge < -0.3 is 10.8 Å². The number of piperidine rings is 1. The minimum absolute atomic E-state index is 0.242. The summed E-state index contributed by atoms with van der Waals surface area (Å²) in [5, 5.41) is 7.37. The van der Waals surface area contributed by atoms with E-state index < -0.39 is 21.2 Å². The van der Waals surface area contributed by atoms with Crippen LogP contribution in [0.5, 0.6) is 0 Å². The number of hydrogen-bond donors (Lipinski definition) is 2. The summed E-state index contributed by atoms with van der Waals surface area (Å²) < 4.78 is 25.2. The van der Waals surface area contributed by atoms with Crippen molar-refractivity contribution < 1.29 is 18.3 Å². The molecule has 0 aromatic heterocycles. The summed E-state index contributed by atoms with van der Waals surface area (Å²) in [6.45, 7) is 1.81. The minimum Gasteiger partial charge on any atom is -0.480 e. The first-order chi connectivity index (χ1) is 7.41. The van der Waals surface area contributed by atoms with Gasteiger partial charge in [-0.1, -0.05) is 6.42 Å². The number of carboxylic acids is 1. The number of sulfonamides is 1. The summed E-state index contributed by atoms with van der Waals surface area (Å²) in [5.74, 6) is -1.32. The Kier molecular flexibility index (Phi) is 4.28. The largest absolute Gasteiger partial charge is 0.480 e. The first-order valence-electron chi connectivity index (χ1n) is 5.34. The molecule has 1 heterocycles. The Hall–Kier alpha value is -0.660. The van der Waals surface area contributed by atoms with Crippen molar-refractivity contribution in [3.05, 3.63) is 0 Å². The van der Waals surface area contributed by atoms with Crippen LogP contribution >= 0.6 is 0 Å².